The lowest BCUT2D eigenvalue weighted by Gasteiger charge is -2.40. The second-order valence-electron chi connectivity index (χ2n) is 8.10. The van der Waals surface area contributed by atoms with Crippen molar-refractivity contribution in [1.82, 2.24) is 0 Å². The molecule has 3 rings (SSSR count). The van der Waals surface area contributed by atoms with Crippen LogP contribution in [-0.4, -0.2) is 12.9 Å². The SMILES string of the molecule is C=C(/C=C/c1ccc2c(c1)OCO2)OC1CC(C)C(C)(C)C1(C)C. The van der Waals surface area contributed by atoms with Crippen LogP contribution in [-0.2, 0) is 4.74 Å². The maximum absolute atomic E-state index is 6.21. The van der Waals surface area contributed by atoms with E-state index in [2.05, 4.69) is 41.2 Å². The molecule has 1 aliphatic carbocycles. The van der Waals surface area contributed by atoms with Crippen molar-refractivity contribution in [2.24, 2.45) is 16.7 Å². The van der Waals surface area contributed by atoms with Crippen LogP contribution in [0.15, 0.2) is 36.6 Å². The Hall–Kier alpha value is -1.90. The lowest BCUT2D eigenvalue weighted by atomic mass is 9.67. The van der Waals surface area contributed by atoms with Crippen LogP contribution in [0.3, 0.4) is 0 Å². The smallest absolute Gasteiger partial charge is 0.231 e. The summed E-state index contributed by atoms with van der Waals surface area (Å²) in [6.45, 7) is 16.0. The molecule has 130 valence electrons. The molecule has 3 nitrogen and oxygen atoms in total. The Kier molecular flexibility index (Phi) is 4.15. The zero-order chi connectivity index (χ0) is 17.5. The average molecular weight is 328 g/mol. The summed E-state index contributed by atoms with van der Waals surface area (Å²) in [4.78, 5) is 0. The molecule has 2 atom stereocenters. The highest BCUT2D eigenvalue weighted by molar-refractivity contribution is 5.57. The summed E-state index contributed by atoms with van der Waals surface area (Å²) < 4.78 is 16.9. The van der Waals surface area contributed by atoms with Gasteiger partial charge in [-0.15, -0.1) is 0 Å². The van der Waals surface area contributed by atoms with Crippen LogP contribution in [0.2, 0.25) is 0 Å². The topological polar surface area (TPSA) is 27.7 Å². The summed E-state index contributed by atoms with van der Waals surface area (Å²) in [7, 11) is 0. The monoisotopic (exact) mass is 328 g/mol. The van der Waals surface area contributed by atoms with Gasteiger partial charge in [-0.05, 0) is 41.5 Å². The zero-order valence-electron chi connectivity index (χ0n) is 15.4. The van der Waals surface area contributed by atoms with Crippen LogP contribution in [0.5, 0.6) is 11.5 Å². The average Bonchev–Trinajstić information content (AvgIpc) is 3.04. The Morgan fingerprint density at radius 3 is 2.54 bits per heavy atom. The van der Waals surface area contributed by atoms with Gasteiger partial charge in [0, 0.05) is 5.41 Å². The van der Waals surface area contributed by atoms with Crippen molar-refractivity contribution in [2.75, 3.05) is 6.79 Å². The van der Waals surface area contributed by atoms with E-state index in [0.717, 1.165) is 23.5 Å². The second-order valence-corrected chi connectivity index (χ2v) is 8.10. The molecule has 0 bridgehead atoms. The quantitative estimate of drug-likeness (QED) is 0.545. The Balaban J connectivity index is 1.66. The van der Waals surface area contributed by atoms with Gasteiger partial charge in [0.1, 0.15) is 11.9 Å². The lowest BCUT2D eigenvalue weighted by Crippen LogP contribution is -2.37. The predicted octanol–water partition coefficient (Wildman–Crippen LogP) is 5.42. The standard InChI is InChI=1S/C21H28O3/c1-14-11-19(21(5,6)20(14,3)4)24-15(2)7-8-16-9-10-17-18(12-16)23-13-22-17/h7-10,12,14,19H,2,11,13H2,1,3-6H3/b8-7+. The van der Waals surface area contributed by atoms with Crippen LogP contribution >= 0.6 is 0 Å². The van der Waals surface area contributed by atoms with Crippen LogP contribution < -0.4 is 9.47 Å². The van der Waals surface area contributed by atoms with Gasteiger partial charge in [0.05, 0.1) is 0 Å². The highest BCUT2D eigenvalue weighted by atomic mass is 16.7. The largest absolute Gasteiger partial charge is 0.490 e. The molecule has 0 amide bonds. The zero-order valence-corrected chi connectivity index (χ0v) is 15.4. The highest BCUT2D eigenvalue weighted by Crippen LogP contribution is 2.56. The summed E-state index contributed by atoms with van der Waals surface area (Å²) in [5.41, 5.74) is 1.41. The van der Waals surface area contributed by atoms with Crippen LogP contribution in [0, 0.1) is 16.7 Å². The normalized spacial score (nSPS) is 26.7. The molecular weight excluding hydrogens is 300 g/mol. The van der Waals surface area contributed by atoms with E-state index >= 15 is 0 Å². The first-order chi connectivity index (χ1) is 11.2. The molecule has 24 heavy (non-hydrogen) atoms. The van der Waals surface area contributed by atoms with E-state index in [1.165, 1.54) is 0 Å². The third-order valence-electron chi connectivity index (χ3n) is 6.42. The fourth-order valence-corrected chi connectivity index (χ4v) is 3.58. The molecule has 0 N–H and O–H groups in total. The minimum atomic E-state index is 0.113. The molecule has 1 saturated carbocycles. The first-order valence-electron chi connectivity index (χ1n) is 8.65. The molecule has 1 heterocycles. The number of allylic oxidation sites excluding steroid dienone is 1. The highest BCUT2D eigenvalue weighted by Gasteiger charge is 2.54. The minimum absolute atomic E-state index is 0.113. The Morgan fingerprint density at radius 2 is 1.88 bits per heavy atom. The van der Waals surface area contributed by atoms with E-state index in [1.807, 2.05) is 30.4 Å². The van der Waals surface area contributed by atoms with Crippen molar-refractivity contribution in [3.8, 4) is 11.5 Å². The van der Waals surface area contributed by atoms with Crippen molar-refractivity contribution in [2.45, 2.75) is 47.1 Å². The number of fused-ring (bicyclic) bond motifs is 1. The van der Waals surface area contributed by atoms with E-state index in [0.29, 0.717) is 18.5 Å². The predicted molar refractivity (Wildman–Crippen MR) is 97.0 cm³/mol. The van der Waals surface area contributed by atoms with E-state index in [9.17, 15) is 0 Å². The third-order valence-corrected chi connectivity index (χ3v) is 6.42. The summed E-state index contributed by atoms with van der Waals surface area (Å²) in [6, 6.07) is 5.90. The van der Waals surface area contributed by atoms with E-state index in [-0.39, 0.29) is 16.9 Å². The summed E-state index contributed by atoms with van der Waals surface area (Å²) in [5.74, 6) is 2.92. The summed E-state index contributed by atoms with van der Waals surface area (Å²) in [6.07, 6.45) is 5.19. The van der Waals surface area contributed by atoms with Gasteiger partial charge in [-0.2, -0.15) is 0 Å². The molecule has 1 aromatic carbocycles. The van der Waals surface area contributed by atoms with E-state index < -0.39 is 0 Å². The van der Waals surface area contributed by atoms with Crippen LogP contribution in [0.1, 0.15) is 46.6 Å². The Labute approximate surface area is 145 Å². The lowest BCUT2D eigenvalue weighted by molar-refractivity contribution is -0.00283. The molecule has 0 aromatic heterocycles. The van der Waals surface area contributed by atoms with Crippen molar-refractivity contribution in [1.29, 1.82) is 0 Å². The molecule has 2 unspecified atom stereocenters. The molecule has 1 aliphatic heterocycles. The summed E-state index contributed by atoms with van der Waals surface area (Å²) in [5, 5.41) is 0. The van der Waals surface area contributed by atoms with E-state index in [4.69, 9.17) is 14.2 Å². The Bertz CT molecular complexity index is 670. The van der Waals surface area contributed by atoms with Gasteiger partial charge in [-0.25, -0.2) is 0 Å². The minimum Gasteiger partial charge on any atom is -0.490 e. The second kappa shape index (κ2) is 5.87. The number of ether oxygens (including phenoxy) is 3. The molecule has 0 saturated heterocycles. The van der Waals surface area contributed by atoms with Gasteiger partial charge in [-0.3, -0.25) is 0 Å². The number of rotatable bonds is 4. The third kappa shape index (κ3) is 2.81. The molecule has 3 heteroatoms. The summed E-state index contributed by atoms with van der Waals surface area (Å²) >= 11 is 0. The molecule has 0 radical (unpaired) electrons. The van der Waals surface area contributed by atoms with E-state index in [1.54, 1.807) is 0 Å². The maximum Gasteiger partial charge on any atom is 0.231 e. The number of hydrogen-bond donors (Lipinski definition) is 0. The Morgan fingerprint density at radius 1 is 1.17 bits per heavy atom. The maximum atomic E-state index is 6.21. The van der Waals surface area contributed by atoms with Gasteiger partial charge in [0.2, 0.25) is 6.79 Å². The first kappa shape index (κ1) is 16.9. The fourth-order valence-electron chi connectivity index (χ4n) is 3.58. The van der Waals surface area contributed by atoms with Crippen molar-refractivity contribution in [3.05, 3.63) is 42.2 Å². The number of hydrogen-bond acceptors (Lipinski definition) is 3. The first-order valence-corrected chi connectivity index (χ1v) is 8.65. The van der Waals surface area contributed by atoms with Crippen molar-refractivity contribution < 1.29 is 14.2 Å². The van der Waals surface area contributed by atoms with Gasteiger partial charge in [0.15, 0.2) is 11.5 Å². The van der Waals surface area contributed by atoms with Gasteiger partial charge < -0.3 is 14.2 Å². The van der Waals surface area contributed by atoms with Crippen molar-refractivity contribution >= 4 is 6.08 Å². The van der Waals surface area contributed by atoms with Crippen molar-refractivity contribution in [3.63, 3.8) is 0 Å². The molecule has 0 spiro atoms. The molecule has 2 aliphatic rings. The van der Waals surface area contributed by atoms with Gasteiger partial charge in [-0.1, -0.05) is 53.3 Å². The molecule has 1 aromatic rings. The van der Waals surface area contributed by atoms with Gasteiger partial charge >= 0.3 is 0 Å². The fraction of sp³-hybridized carbons (Fsp3) is 0.524. The van der Waals surface area contributed by atoms with Crippen LogP contribution in [0.4, 0.5) is 0 Å². The van der Waals surface area contributed by atoms with Crippen LogP contribution in [0.25, 0.3) is 6.08 Å². The molecular formula is C21H28O3. The molecule has 1 fully saturated rings. The number of benzene rings is 1. The van der Waals surface area contributed by atoms with Gasteiger partial charge in [0.25, 0.3) is 0 Å².